The standard InChI is InChI=1S/C11H15BrN2O4S2/c1-8-10(12)2-3-11(13-8)14-20(17,18)9-4-6-19(15,16)7-5-9/h2-3,9H,4-7H2,1H3,(H,13,14). The summed E-state index contributed by atoms with van der Waals surface area (Å²) in [5.74, 6) is 0.0932. The van der Waals surface area contributed by atoms with Gasteiger partial charge in [0.15, 0.2) is 0 Å². The quantitative estimate of drug-likeness (QED) is 0.853. The summed E-state index contributed by atoms with van der Waals surface area (Å²) < 4.78 is 50.3. The van der Waals surface area contributed by atoms with Crippen molar-refractivity contribution in [3.05, 3.63) is 22.3 Å². The third kappa shape index (κ3) is 3.70. The van der Waals surface area contributed by atoms with E-state index < -0.39 is 25.1 Å². The Labute approximate surface area is 127 Å². The minimum atomic E-state index is -3.61. The zero-order valence-corrected chi connectivity index (χ0v) is 14.1. The van der Waals surface area contributed by atoms with Crippen LogP contribution in [0.25, 0.3) is 0 Å². The topological polar surface area (TPSA) is 93.2 Å². The predicted molar refractivity (Wildman–Crippen MR) is 80.9 cm³/mol. The van der Waals surface area contributed by atoms with Crippen molar-refractivity contribution in [3.8, 4) is 0 Å². The van der Waals surface area contributed by atoms with E-state index in [-0.39, 0.29) is 30.2 Å². The maximum Gasteiger partial charge on any atom is 0.236 e. The summed E-state index contributed by atoms with van der Waals surface area (Å²) in [7, 11) is -6.68. The molecule has 1 N–H and O–H groups in total. The molecule has 1 aliphatic rings. The van der Waals surface area contributed by atoms with E-state index in [4.69, 9.17) is 0 Å². The molecule has 20 heavy (non-hydrogen) atoms. The lowest BCUT2D eigenvalue weighted by Gasteiger charge is -2.22. The van der Waals surface area contributed by atoms with Crippen LogP contribution in [0, 0.1) is 6.92 Å². The normalized spacial score (nSPS) is 19.7. The minimum absolute atomic E-state index is 0.0780. The van der Waals surface area contributed by atoms with E-state index in [9.17, 15) is 16.8 Å². The molecule has 112 valence electrons. The van der Waals surface area contributed by atoms with Crippen LogP contribution in [0.15, 0.2) is 16.6 Å². The lowest BCUT2D eigenvalue weighted by molar-refractivity contribution is 0.555. The molecule has 1 aliphatic heterocycles. The van der Waals surface area contributed by atoms with Crippen LogP contribution in [0.3, 0.4) is 0 Å². The van der Waals surface area contributed by atoms with Crippen molar-refractivity contribution in [3.63, 3.8) is 0 Å². The second-order valence-electron chi connectivity index (χ2n) is 4.76. The van der Waals surface area contributed by atoms with Crippen LogP contribution in [0.4, 0.5) is 5.82 Å². The van der Waals surface area contributed by atoms with E-state index in [0.717, 1.165) is 4.47 Å². The van der Waals surface area contributed by atoms with Crippen molar-refractivity contribution in [2.24, 2.45) is 0 Å². The number of hydrogen-bond donors (Lipinski definition) is 1. The summed E-state index contributed by atoms with van der Waals surface area (Å²) in [6, 6.07) is 3.28. The van der Waals surface area contributed by atoms with Crippen molar-refractivity contribution < 1.29 is 16.8 Å². The Kier molecular flexibility index (Phi) is 4.41. The first-order valence-electron chi connectivity index (χ1n) is 6.05. The molecule has 0 atom stereocenters. The zero-order valence-electron chi connectivity index (χ0n) is 10.8. The van der Waals surface area contributed by atoms with Crippen molar-refractivity contribution in [2.75, 3.05) is 16.2 Å². The third-order valence-corrected chi connectivity index (χ3v) is 7.60. The van der Waals surface area contributed by atoms with Crippen LogP contribution < -0.4 is 4.72 Å². The lowest BCUT2D eigenvalue weighted by Crippen LogP contribution is -2.36. The summed E-state index contributed by atoms with van der Waals surface area (Å²) in [5.41, 5.74) is 0.677. The van der Waals surface area contributed by atoms with Crippen LogP contribution in [0.2, 0.25) is 0 Å². The maximum atomic E-state index is 12.2. The van der Waals surface area contributed by atoms with Gasteiger partial charge in [-0.25, -0.2) is 21.8 Å². The largest absolute Gasteiger partial charge is 0.267 e. The average molecular weight is 383 g/mol. The number of rotatable bonds is 3. The highest BCUT2D eigenvalue weighted by Crippen LogP contribution is 2.22. The van der Waals surface area contributed by atoms with Crippen molar-refractivity contribution in [1.82, 2.24) is 4.98 Å². The molecule has 0 aliphatic carbocycles. The number of hydrogen-bond acceptors (Lipinski definition) is 5. The number of aryl methyl sites for hydroxylation is 1. The summed E-state index contributed by atoms with van der Waals surface area (Å²) in [6.07, 6.45) is 0.264. The first-order valence-corrected chi connectivity index (χ1v) is 10.2. The number of nitrogens with one attached hydrogen (secondary N) is 1. The lowest BCUT2D eigenvalue weighted by atomic mass is 10.2. The van der Waals surface area contributed by atoms with E-state index in [1.165, 1.54) is 0 Å². The van der Waals surface area contributed by atoms with Crippen molar-refractivity contribution in [2.45, 2.75) is 25.0 Å². The number of nitrogens with zero attached hydrogens (tertiary/aromatic N) is 1. The van der Waals surface area contributed by atoms with Crippen LogP contribution in [0.5, 0.6) is 0 Å². The van der Waals surface area contributed by atoms with Gasteiger partial charge in [-0.05, 0) is 47.8 Å². The van der Waals surface area contributed by atoms with Gasteiger partial charge in [0.1, 0.15) is 15.7 Å². The van der Waals surface area contributed by atoms with Crippen molar-refractivity contribution >= 4 is 41.6 Å². The summed E-state index contributed by atoms with van der Waals surface area (Å²) in [5, 5.41) is -0.684. The highest BCUT2D eigenvalue weighted by Gasteiger charge is 2.33. The van der Waals surface area contributed by atoms with Gasteiger partial charge in [0, 0.05) is 4.47 Å². The van der Waals surface area contributed by atoms with E-state index >= 15 is 0 Å². The molecule has 1 aromatic rings. The molecule has 0 aromatic carbocycles. The first kappa shape index (κ1) is 15.7. The predicted octanol–water partition coefficient (Wildman–Crippen LogP) is 1.47. The van der Waals surface area contributed by atoms with Gasteiger partial charge < -0.3 is 0 Å². The molecule has 0 unspecified atom stereocenters. The molecular formula is C11H15BrN2O4S2. The molecule has 0 amide bonds. The Hall–Kier alpha value is -0.670. The molecule has 6 nitrogen and oxygen atoms in total. The fourth-order valence-corrected chi connectivity index (χ4v) is 5.45. The van der Waals surface area contributed by atoms with Crippen molar-refractivity contribution in [1.29, 1.82) is 0 Å². The third-order valence-electron chi connectivity index (χ3n) is 3.21. The summed E-state index contributed by atoms with van der Waals surface area (Å²) in [4.78, 5) is 4.13. The monoisotopic (exact) mass is 382 g/mol. The molecule has 0 saturated carbocycles. The van der Waals surface area contributed by atoms with Gasteiger partial charge in [-0.2, -0.15) is 0 Å². The van der Waals surface area contributed by atoms with Gasteiger partial charge in [-0.3, -0.25) is 4.72 Å². The second kappa shape index (κ2) is 5.61. The van der Waals surface area contributed by atoms with E-state index in [0.29, 0.717) is 5.69 Å². The summed E-state index contributed by atoms with van der Waals surface area (Å²) in [6.45, 7) is 1.76. The SMILES string of the molecule is Cc1nc(NS(=O)(=O)C2CCS(=O)(=O)CC2)ccc1Br. The molecular weight excluding hydrogens is 368 g/mol. The second-order valence-corrected chi connectivity index (χ2v) is 9.88. The fourth-order valence-electron chi connectivity index (χ4n) is 2.01. The van der Waals surface area contributed by atoms with Gasteiger partial charge >= 0.3 is 0 Å². The van der Waals surface area contributed by atoms with Gasteiger partial charge in [-0.1, -0.05) is 0 Å². The maximum absolute atomic E-state index is 12.2. The number of halogens is 1. The smallest absolute Gasteiger partial charge is 0.236 e. The van der Waals surface area contributed by atoms with E-state index in [1.807, 2.05) is 0 Å². The first-order chi connectivity index (χ1) is 9.20. The van der Waals surface area contributed by atoms with Crippen LogP contribution in [-0.2, 0) is 19.9 Å². The number of anilines is 1. The zero-order chi connectivity index (χ0) is 15.0. The molecule has 1 saturated heterocycles. The van der Waals surface area contributed by atoms with Gasteiger partial charge in [0.05, 0.1) is 22.4 Å². The number of pyridine rings is 1. The van der Waals surface area contributed by atoms with Crippen LogP contribution in [-0.4, -0.2) is 38.6 Å². The fraction of sp³-hybridized carbons (Fsp3) is 0.545. The van der Waals surface area contributed by atoms with Crippen LogP contribution >= 0.6 is 15.9 Å². The molecule has 0 radical (unpaired) electrons. The molecule has 2 rings (SSSR count). The minimum Gasteiger partial charge on any atom is -0.267 e. The highest BCUT2D eigenvalue weighted by molar-refractivity contribution is 9.10. The Morgan fingerprint density at radius 1 is 1.30 bits per heavy atom. The van der Waals surface area contributed by atoms with Gasteiger partial charge in [0.2, 0.25) is 10.0 Å². The Morgan fingerprint density at radius 2 is 1.90 bits per heavy atom. The van der Waals surface area contributed by atoms with Gasteiger partial charge in [0.25, 0.3) is 0 Å². The molecule has 1 fully saturated rings. The Bertz CT molecular complexity index is 702. The van der Waals surface area contributed by atoms with Crippen LogP contribution in [0.1, 0.15) is 18.5 Å². The average Bonchev–Trinajstić information content (AvgIpc) is 2.33. The molecule has 9 heteroatoms. The Morgan fingerprint density at radius 3 is 2.45 bits per heavy atom. The Balaban J connectivity index is 2.13. The number of sulfonamides is 1. The highest BCUT2D eigenvalue weighted by atomic mass is 79.9. The number of sulfone groups is 1. The molecule has 0 spiro atoms. The number of aromatic nitrogens is 1. The molecule has 1 aromatic heterocycles. The molecule has 0 bridgehead atoms. The molecule has 2 heterocycles. The van der Waals surface area contributed by atoms with E-state index in [1.54, 1.807) is 19.1 Å². The summed E-state index contributed by atoms with van der Waals surface area (Å²) >= 11 is 3.29. The van der Waals surface area contributed by atoms with E-state index in [2.05, 4.69) is 25.6 Å². The van der Waals surface area contributed by atoms with Gasteiger partial charge in [-0.15, -0.1) is 0 Å².